The maximum Gasteiger partial charge on any atom is 0.237 e. The summed E-state index contributed by atoms with van der Waals surface area (Å²) in [6.07, 6.45) is 13.1. The number of nitriles is 1. The molecule has 5 nitrogen and oxygen atoms in total. The fraction of sp³-hybridized carbons (Fsp3) is 0.548. The molecule has 0 bridgehead atoms. The SMILES string of the molecule is CCc1nc(C#CC2CCC(/C=C3/CCC4(CCNC4)C3)CC2)ccc1C(=O)C#CC1C(C)(C)C(Oc2ccc(C#N)c(Cl)c2)C1(C)C. The summed E-state index contributed by atoms with van der Waals surface area (Å²) >= 11 is 6.24. The Morgan fingerprint density at radius 2 is 1.85 bits per heavy atom. The highest BCUT2D eigenvalue weighted by Crippen LogP contribution is 2.60. The lowest BCUT2D eigenvalue weighted by molar-refractivity contribution is -0.172. The molecule has 2 heterocycles. The van der Waals surface area contributed by atoms with Crippen molar-refractivity contribution in [1.29, 1.82) is 5.26 Å². The summed E-state index contributed by atoms with van der Waals surface area (Å²) in [5.41, 5.74) is 4.10. The van der Waals surface area contributed by atoms with Gasteiger partial charge < -0.3 is 10.1 Å². The van der Waals surface area contributed by atoms with Crippen LogP contribution in [0.25, 0.3) is 0 Å². The molecule has 3 saturated carbocycles. The van der Waals surface area contributed by atoms with Gasteiger partial charge in [-0.2, -0.15) is 5.26 Å². The highest BCUT2D eigenvalue weighted by Gasteiger charge is 2.63. The predicted molar refractivity (Wildman–Crippen MR) is 192 cm³/mol. The average molecular weight is 662 g/mol. The number of Topliss-reactive ketones (excluding diaryl/α,β-unsaturated/α-hetero) is 1. The number of hydrogen-bond acceptors (Lipinski definition) is 5. The van der Waals surface area contributed by atoms with Crippen molar-refractivity contribution in [3.8, 4) is 35.5 Å². The molecule has 4 fully saturated rings. The van der Waals surface area contributed by atoms with E-state index in [1.165, 1.54) is 51.6 Å². The number of nitrogens with one attached hydrogen (secondary N) is 1. The van der Waals surface area contributed by atoms with Crippen LogP contribution in [0.3, 0.4) is 0 Å². The van der Waals surface area contributed by atoms with Gasteiger partial charge in [-0.3, -0.25) is 4.79 Å². The van der Waals surface area contributed by atoms with Crippen LogP contribution in [0.5, 0.6) is 5.75 Å². The summed E-state index contributed by atoms with van der Waals surface area (Å²) in [4.78, 5) is 18.2. The number of carbonyl (C=O) groups is 1. The van der Waals surface area contributed by atoms with Crippen molar-refractivity contribution < 1.29 is 9.53 Å². The zero-order chi connectivity index (χ0) is 34.1. The van der Waals surface area contributed by atoms with E-state index in [1.807, 2.05) is 19.1 Å². The molecule has 1 unspecified atom stereocenters. The number of benzene rings is 1. The molecular weight excluding hydrogens is 614 g/mol. The van der Waals surface area contributed by atoms with Gasteiger partial charge >= 0.3 is 0 Å². The molecule has 2 aromatic rings. The van der Waals surface area contributed by atoms with Crippen LogP contribution in [0, 0.1) is 69.0 Å². The number of ketones is 1. The van der Waals surface area contributed by atoms with Crippen molar-refractivity contribution >= 4 is 17.4 Å². The Morgan fingerprint density at radius 1 is 1.08 bits per heavy atom. The molecule has 1 saturated heterocycles. The van der Waals surface area contributed by atoms with E-state index >= 15 is 0 Å². The zero-order valence-electron chi connectivity index (χ0n) is 29.1. The highest BCUT2D eigenvalue weighted by molar-refractivity contribution is 6.31. The van der Waals surface area contributed by atoms with Crippen molar-refractivity contribution in [3.05, 3.63) is 69.5 Å². The molecule has 1 aromatic heterocycles. The Bertz CT molecular complexity index is 1750. The van der Waals surface area contributed by atoms with E-state index in [2.05, 4.69) is 68.8 Å². The summed E-state index contributed by atoms with van der Waals surface area (Å²) < 4.78 is 6.37. The van der Waals surface area contributed by atoms with Gasteiger partial charge in [-0.05, 0) is 112 Å². The molecular formula is C42H48ClN3O2. The predicted octanol–water partition coefficient (Wildman–Crippen LogP) is 8.73. The van der Waals surface area contributed by atoms with Gasteiger partial charge in [-0.25, -0.2) is 4.98 Å². The lowest BCUT2D eigenvalue weighted by Crippen LogP contribution is -2.65. The summed E-state index contributed by atoms with van der Waals surface area (Å²) in [7, 11) is 0. The first kappa shape index (κ1) is 34.3. The first-order chi connectivity index (χ1) is 22.9. The summed E-state index contributed by atoms with van der Waals surface area (Å²) in [5.74, 6) is 14.6. The largest absolute Gasteiger partial charge is 0.489 e. The van der Waals surface area contributed by atoms with Crippen LogP contribution in [0.2, 0.25) is 5.02 Å². The van der Waals surface area contributed by atoms with E-state index in [1.54, 1.807) is 23.8 Å². The number of aromatic nitrogens is 1. The van der Waals surface area contributed by atoms with E-state index in [-0.39, 0.29) is 28.6 Å². The molecule has 0 radical (unpaired) electrons. The third-order valence-corrected chi connectivity index (χ3v) is 11.9. The number of hydrogen-bond donors (Lipinski definition) is 1. The third-order valence-electron chi connectivity index (χ3n) is 11.6. The van der Waals surface area contributed by atoms with Gasteiger partial charge in [-0.15, -0.1) is 0 Å². The molecule has 1 spiro atoms. The van der Waals surface area contributed by atoms with Gasteiger partial charge in [-0.1, -0.05) is 69.7 Å². The number of nitrogens with zero attached hydrogens (tertiary/aromatic N) is 2. The number of aryl methyl sites for hydroxylation is 1. The molecule has 1 aromatic carbocycles. The lowest BCUT2D eigenvalue weighted by atomic mass is 9.46. The Hall–Kier alpha value is -3.56. The maximum absolute atomic E-state index is 13.4. The summed E-state index contributed by atoms with van der Waals surface area (Å²) in [6.45, 7) is 12.9. The van der Waals surface area contributed by atoms with Gasteiger partial charge in [0.1, 0.15) is 23.6 Å². The molecule has 48 heavy (non-hydrogen) atoms. The Balaban J connectivity index is 1.06. The average Bonchev–Trinajstić information content (AvgIpc) is 3.70. The van der Waals surface area contributed by atoms with Gasteiger partial charge in [0.2, 0.25) is 5.78 Å². The van der Waals surface area contributed by atoms with Gasteiger partial charge in [0.05, 0.1) is 21.8 Å². The number of ether oxygens (including phenoxy) is 1. The normalized spacial score (nSPS) is 29.2. The zero-order valence-corrected chi connectivity index (χ0v) is 29.9. The second kappa shape index (κ2) is 13.7. The topological polar surface area (TPSA) is 75.0 Å². The number of halogens is 1. The smallest absolute Gasteiger partial charge is 0.237 e. The van der Waals surface area contributed by atoms with Gasteiger partial charge in [0.15, 0.2) is 0 Å². The van der Waals surface area contributed by atoms with E-state index in [4.69, 9.17) is 21.3 Å². The van der Waals surface area contributed by atoms with Crippen molar-refractivity contribution in [2.24, 2.45) is 34.0 Å². The van der Waals surface area contributed by atoms with E-state index in [9.17, 15) is 10.1 Å². The molecule has 4 aliphatic rings. The molecule has 1 aliphatic heterocycles. The molecule has 6 heteroatoms. The van der Waals surface area contributed by atoms with Crippen molar-refractivity contribution in [2.45, 2.75) is 98.5 Å². The second-order valence-electron chi connectivity index (χ2n) is 15.8. The number of pyridine rings is 1. The maximum atomic E-state index is 13.4. The fourth-order valence-corrected chi connectivity index (χ4v) is 9.39. The second-order valence-corrected chi connectivity index (χ2v) is 16.2. The summed E-state index contributed by atoms with van der Waals surface area (Å²) in [5, 5.41) is 13.1. The molecule has 250 valence electrons. The van der Waals surface area contributed by atoms with Crippen LogP contribution in [0.4, 0.5) is 0 Å². The Morgan fingerprint density at radius 3 is 2.52 bits per heavy atom. The lowest BCUT2D eigenvalue weighted by Gasteiger charge is -2.61. The monoisotopic (exact) mass is 661 g/mol. The Kier molecular flexibility index (Phi) is 9.83. The number of rotatable bonds is 5. The minimum Gasteiger partial charge on any atom is -0.489 e. The molecule has 3 aliphatic carbocycles. The minimum atomic E-state index is -0.301. The molecule has 1 atom stereocenters. The summed E-state index contributed by atoms with van der Waals surface area (Å²) in [6, 6.07) is 10.9. The Labute approximate surface area is 292 Å². The highest BCUT2D eigenvalue weighted by atomic mass is 35.5. The van der Waals surface area contributed by atoms with Crippen LogP contribution in [-0.2, 0) is 6.42 Å². The number of allylic oxidation sites excluding steroid dienone is 2. The van der Waals surface area contributed by atoms with Crippen molar-refractivity contribution in [2.75, 3.05) is 13.1 Å². The minimum absolute atomic E-state index is 0.0540. The fourth-order valence-electron chi connectivity index (χ4n) is 9.17. The van der Waals surface area contributed by atoms with Crippen LogP contribution in [-0.4, -0.2) is 30.0 Å². The van der Waals surface area contributed by atoms with E-state index < -0.39 is 0 Å². The quantitative estimate of drug-likeness (QED) is 0.150. The van der Waals surface area contributed by atoms with Crippen molar-refractivity contribution in [3.63, 3.8) is 0 Å². The van der Waals surface area contributed by atoms with Crippen LogP contribution in [0.1, 0.15) is 113 Å². The first-order valence-corrected chi connectivity index (χ1v) is 18.2. The van der Waals surface area contributed by atoms with Crippen molar-refractivity contribution in [1.82, 2.24) is 10.3 Å². The third kappa shape index (κ3) is 6.95. The molecule has 6 rings (SSSR count). The van der Waals surface area contributed by atoms with Crippen LogP contribution in [0.15, 0.2) is 42.0 Å². The van der Waals surface area contributed by atoms with E-state index in [0.29, 0.717) is 45.6 Å². The van der Waals surface area contributed by atoms with Gasteiger partial charge in [0.25, 0.3) is 0 Å². The molecule has 1 N–H and O–H groups in total. The molecule has 0 amide bonds. The van der Waals surface area contributed by atoms with E-state index in [0.717, 1.165) is 24.2 Å². The first-order valence-electron chi connectivity index (χ1n) is 17.8. The number of carbonyl (C=O) groups excluding carboxylic acids is 1. The van der Waals surface area contributed by atoms with Crippen LogP contribution < -0.4 is 10.1 Å². The standard InChI is InChI=1S/C42H48ClN3O2/c1-6-36-34(37(47)17-18-38-40(2,3)39(41(38,4)5)48-33-15-12-31(26-44)35(43)24-33)16-14-32(46-36)13-11-28-7-9-29(10-8-28)23-30-19-20-42(25-30)21-22-45-27-42/h12,14-16,23-24,28-29,38-39,45H,6-10,19-22,25,27H2,1-5H3/b30-23-. The van der Waals surface area contributed by atoms with Crippen LogP contribution >= 0.6 is 11.6 Å². The van der Waals surface area contributed by atoms with Gasteiger partial charge in [0, 0.05) is 35.3 Å².